The minimum Gasteiger partial charge on any atom is -0.357 e. The Hall–Kier alpha value is -2.34. The molecule has 0 aliphatic heterocycles. The van der Waals surface area contributed by atoms with Crippen molar-refractivity contribution in [1.82, 2.24) is 24.9 Å². The lowest BCUT2D eigenvalue weighted by atomic mass is 10.1. The lowest BCUT2D eigenvalue weighted by Gasteiger charge is -2.22. The molecular weight excluding hydrogens is 348 g/mol. The van der Waals surface area contributed by atoms with Crippen LogP contribution in [0, 0.1) is 0 Å². The molecule has 0 unspecified atom stereocenters. The first kappa shape index (κ1) is 22.0. The molecule has 0 spiro atoms. The smallest absolute Gasteiger partial charge is 0.194 e. The Kier molecular flexibility index (Phi) is 8.05. The molecule has 0 saturated heterocycles. The van der Waals surface area contributed by atoms with Gasteiger partial charge in [0.1, 0.15) is 0 Å². The summed E-state index contributed by atoms with van der Waals surface area (Å²) in [5, 5.41) is 8.04. The van der Waals surface area contributed by atoms with Crippen molar-refractivity contribution in [1.29, 1.82) is 0 Å². The van der Waals surface area contributed by atoms with Crippen LogP contribution in [0.15, 0.2) is 35.5 Å². The van der Waals surface area contributed by atoms with Crippen LogP contribution in [0.3, 0.4) is 0 Å². The zero-order valence-corrected chi connectivity index (χ0v) is 18.5. The predicted molar refractivity (Wildman–Crippen MR) is 117 cm³/mol. The number of aryl methyl sites for hydroxylation is 1. The maximum atomic E-state index is 4.87. The Morgan fingerprint density at radius 1 is 1.18 bits per heavy atom. The molecule has 0 radical (unpaired) electrons. The van der Waals surface area contributed by atoms with E-state index in [4.69, 9.17) is 4.99 Å². The van der Waals surface area contributed by atoms with Crippen molar-refractivity contribution in [2.75, 3.05) is 27.7 Å². The maximum Gasteiger partial charge on any atom is 0.194 e. The molecule has 154 valence electrons. The molecule has 1 aromatic heterocycles. The summed E-state index contributed by atoms with van der Waals surface area (Å²) in [6, 6.07) is 8.67. The standard InChI is InChI=1S/C22H36N6/c1-8-23-22(24-13-18-10-9-11-19(12-18)14-26(4)5)27(6)15-20-16-28(7)25-21(20)17(2)3/h9-12,16-17H,8,13-15H2,1-7H3,(H,23,24). The van der Waals surface area contributed by atoms with E-state index in [1.165, 1.54) is 16.7 Å². The van der Waals surface area contributed by atoms with Gasteiger partial charge in [-0.3, -0.25) is 4.68 Å². The van der Waals surface area contributed by atoms with Gasteiger partial charge in [0.05, 0.1) is 12.2 Å². The number of hydrogen-bond acceptors (Lipinski definition) is 3. The summed E-state index contributed by atoms with van der Waals surface area (Å²) in [5.41, 5.74) is 4.94. The predicted octanol–water partition coefficient (Wildman–Crippen LogP) is 3.20. The number of hydrogen-bond donors (Lipinski definition) is 1. The number of aromatic nitrogens is 2. The zero-order chi connectivity index (χ0) is 20.7. The van der Waals surface area contributed by atoms with Crippen LogP contribution in [-0.4, -0.2) is 53.2 Å². The van der Waals surface area contributed by atoms with E-state index in [9.17, 15) is 0 Å². The average molecular weight is 385 g/mol. The summed E-state index contributed by atoms with van der Waals surface area (Å²) in [5.74, 6) is 1.32. The van der Waals surface area contributed by atoms with Crippen LogP contribution in [0.5, 0.6) is 0 Å². The van der Waals surface area contributed by atoms with Gasteiger partial charge < -0.3 is 15.1 Å². The molecule has 0 fully saturated rings. The van der Waals surface area contributed by atoms with E-state index >= 15 is 0 Å². The molecule has 0 aliphatic carbocycles. The van der Waals surface area contributed by atoms with E-state index in [0.29, 0.717) is 12.5 Å². The van der Waals surface area contributed by atoms with Crippen LogP contribution in [0.25, 0.3) is 0 Å². The van der Waals surface area contributed by atoms with Gasteiger partial charge in [-0.1, -0.05) is 38.1 Å². The molecule has 1 aromatic carbocycles. The number of rotatable bonds is 8. The first-order valence-electron chi connectivity index (χ1n) is 10.0. The summed E-state index contributed by atoms with van der Waals surface area (Å²) in [7, 11) is 8.25. The minimum absolute atomic E-state index is 0.406. The lowest BCUT2D eigenvalue weighted by molar-refractivity contribution is 0.402. The second-order valence-corrected chi connectivity index (χ2v) is 7.95. The quantitative estimate of drug-likeness (QED) is 0.561. The molecule has 2 aromatic rings. The lowest BCUT2D eigenvalue weighted by Crippen LogP contribution is -2.38. The molecule has 28 heavy (non-hydrogen) atoms. The van der Waals surface area contributed by atoms with Gasteiger partial charge in [-0.25, -0.2) is 4.99 Å². The van der Waals surface area contributed by atoms with Crippen molar-refractivity contribution in [2.45, 2.75) is 46.3 Å². The highest BCUT2D eigenvalue weighted by molar-refractivity contribution is 5.79. The Morgan fingerprint density at radius 3 is 2.54 bits per heavy atom. The summed E-state index contributed by atoms with van der Waals surface area (Å²) in [4.78, 5) is 9.23. The summed E-state index contributed by atoms with van der Waals surface area (Å²) in [6.07, 6.45) is 2.11. The van der Waals surface area contributed by atoms with Gasteiger partial charge in [0.25, 0.3) is 0 Å². The molecule has 1 N–H and O–H groups in total. The van der Waals surface area contributed by atoms with E-state index in [1.54, 1.807) is 0 Å². The first-order valence-corrected chi connectivity index (χ1v) is 10.0. The Labute approximate surface area is 170 Å². The van der Waals surface area contributed by atoms with Crippen LogP contribution in [-0.2, 0) is 26.7 Å². The third-order valence-corrected chi connectivity index (χ3v) is 4.49. The van der Waals surface area contributed by atoms with Gasteiger partial charge >= 0.3 is 0 Å². The molecule has 2 rings (SSSR count). The number of nitrogens with one attached hydrogen (secondary N) is 1. The molecule has 0 saturated carbocycles. The maximum absolute atomic E-state index is 4.87. The van der Waals surface area contributed by atoms with Crippen LogP contribution >= 0.6 is 0 Å². The first-order chi connectivity index (χ1) is 13.3. The average Bonchev–Trinajstić information content (AvgIpc) is 2.98. The Bertz CT molecular complexity index is 775. The van der Waals surface area contributed by atoms with Crippen molar-refractivity contribution in [3.63, 3.8) is 0 Å². The van der Waals surface area contributed by atoms with Crippen molar-refractivity contribution < 1.29 is 0 Å². The molecule has 6 heteroatoms. The van der Waals surface area contributed by atoms with Gasteiger partial charge in [-0.2, -0.15) is 5.10 Å². The number of guanidine groups is 1. The molecule has 0 amide bonds. The molecule has 6 nitrogen and oxygen atoms in total. The summed E-state index contributed by atoms with van der Waals surface area (Å²) in [6.45, 7) is 9.71. The SMILES string of the molecule is CCNC(=NCc1cccc(CN(C)C)c1)N(C)Cc1cn(C)nc1C(C)C. The third kappa shape index (κ3) is 6.37. The van der Waals surface area contributed by atoms with Gasteiger partial charge in [0.15, 0.2) is 5.96 Å². The van der Waals surface area contributed by atoms with Crippen LogP contribution in [0.4, 0.5) is 0 Å². The molecule has 0 atom stereocenters. The normalized spacial score (nSPS) is 12.1. The second-order valence-electron chi connectivity index (χ2n) is 7.95. The van der Waals surface area contributed by atoms with E-state index in [2.05, 4.69) is 92.6 Å². The van der Waals surface area contributed by atoms with Crippen LogP contribution < -0.4 is 5.32 Å². The summed E-state index contributed by atoms with van der Waals surface area (Å²) < 4.78 is 1.90. The van der Waals surface area contributed by atoms with Gasteiger partial charge in [-0.15, -0.1) is 0 Å². The van der Waals surface area contributed by atoms with E-state index < -0.39 is 0 Å². The largest absolute Gasteiger partial charge is 0.357 e. The van der Waals surface area contributed by atoms with Gasteiger partial charge in [-0.05, 0) is 38.1 Å². The topological polar surface area (TPSA) is 48.7 Å². The van der Waals surface area contributed by atoms with Crippen molar-refractivity contribution in [3.8, 4) is 0 Å². The fourth-order valence-electron chi connectivity index (χ4n) is 3.32. The fraction of sp³-hybridized carbons (Fsp3) is 0.545. The highest BCUT2D eigenvalue weighted by atomic mass is 15.3. The van der Waals surface area contributed by atoms with E-state index in [-0.39, 0.29) is 0 Å². The highest BCUT2D eigenvalue weighted by Gasteiger charge is 2.15. The Morgan fingerprint density at radius 2 is 1.89 bits per heavy atom. The molecule has 1 heterocycles. The van der Waals surface area contributed by atoms with Crippen LogP contribution in [0.1, 0.15) is 49.1 Å². The number of nitrogens with zero attached hydrogens (tertiary/aromatic N) is 5. The molecule has 0 bridgehead atoms. The van der Waals surface area contributed by atoms with E-state index in [1.807, 2.05) is 11.7 Å². The minimum atomic E-state index is 0.406. The third-order valence-electron chi connectivity index (χ3n) is 4.49. The van der Waals surface area contributed by atoms with Gasteiger partial charge in [0.2, 0.25) is 0 Å². The molecular formula is C22H36N6. The van der Waals surface area contributed by atoms with Crippen molar-refractivity contribution in [2.24, 2.45) is 12.0 Å². The summed E-state index contributed by atoms with van der Waals surface area (Å²) >= 11 is 0. The molecule has 0 aliphatic rings. The Balaban J connectivity index is 2.13. The van der Waals surface area contributed by atoms with Crippen molar-refractivity contribution in [3.05, 3.63) is 52.8 Å². The number of aliphatic imine (C=N–C) groups is 1. The fourth-order valence-corrected chi connectivity index (χ4v) is 3.32. The number of benzene rings is 1. The van der Waals surface area contributed by atoms with Gasteiger partial charge in [0, 0.05) is 45.5 Å². The zero-order valence-electron chi connectivity index (χ0n) is 18.5. The monoisotopic (exact) mass is 384 g/mol. The van der Waals surface area contributed by atoms with Crippen molar-refractivity contribution >= 4 is 5.96 Å². The van der Waals surface area contributed by atoms with E-state index in [0.717, 1.165) is 31.3 Å². The van der Waals surface area contributed by atoms with Crippen LogP contribution in [0.2, 0.25) is 0 Å². The second kappa shape index (κ2) is 10.3. The highest BCUT2D eigenvalue weighted by Crippen LogP contribution is 2.18.